The van der Waals surface area contributed by atoms with E-state index >= 15 is 0 Å². The SMILES string of the molecule is O=C(O)CC(O)(CC(=O)O)C(=O)O.O=C(O)O.[Fe+2].[O-][Si]([O-])(O)O. The number of hydrogen-bond acceptors (Lipinski definition) is 9. The van der Waals surface area contributed by atoms with Crippen molar-refractivity contribution in [2.24, 2.45) is 0 Å². The van der Waals surface area contributed by atoms with Crippen LogP contribution in [0, 0.1) is 0 Å². The second kappa shape index (κ2) is 12.7. The van der Waals surface area contributed by atoms with E-state index in [0.717, 1.165) is 0 Å². The van der Waals surface area contributed by atoms with Gasteiger partial charge in [-0.15, -0.1) is 0 Å². The zero-order valence-electron chi connectivity index (χ0n) is 10.8. The minimum atomic E-state index is -5.11. The van der Waals surface area contributed by atoms with Crippen LogP contribution in [-0.2, 0) is 31.5 Å². The van der Waals surface area contributed by atoms with Gasteiger partial charge in [-0.1, -0.05) is 0 Å². The van der Waals surface area contributed by atoms with Gasteiger partial charge in [0.05, 0.1) is 12.8 Å². The van der Waals surface area contributed by atoms with Gasteiger partial charge in [-0.25, -0.2) is 9.59 Å². The number of rotatable bonds is 5. The van der Waals surface area contributed by atoms with E-state index in [2.05, 4.69) is 0 Å². The summed E-state index contributed by atoms with van der Waals surface area (Å²) in [5, 5.41) is 47.8. The second-order valence-corrected chi connectivity index (χ2v) is 4.41. The fourth-order valence-electron chi connectivity index (χ4n) is 0.714. The molecule has 0 aromatic carbocycles. The van der Waals surface area contributed by atoms with Gasteiger partial charge in [-0.05, 0) is 0 Å². The quantitative estimate of drug-likeness (QED) is 0.199. The first-order chi connectivity index (χ1) is 9.51. The molecule has 0 amide bonds. The van der Waals surface area contributed by atoms with Gasteiger partial charge < -0.3 is 49.8 Å². The Bertz CT molecular complexity index is 376. The minimum Gasteiger partial charge on any atom is -0.828 e. The minimum absolute atomic E-state index is 0. The van der Waals surface area contributed by atoms with E-state index in [9.17, 15) is 14.4 Å². The van der Waals surface area contributed by atoms with Gasteiger partial charge in [0, 0.05) is 0 Å². The molecule has 0 spiro atoms. The van der Waals surface area contributed by atoms with Crippen LogP contribution in [0.2, 0.25) is 0 Å². The van der Waals surface area contributed by atoms with Gasteiger partial charge in [0.1, 0.15) is 9.05 Å². The molecule has 0 atom stereocenters. The average molecular weight is 404 g/mol. The Labute approximate surface area is 138 Å². The zero-order valence-corrected chi connectivity index (χ0v) is 12.9. The van der Waals surface area contributed by atoms with E-state index in [-0.39, 0.29) is 17.1 Å². The molecule has 0 aliphatic carbocycles. The number of hydrogen-bond donors (Lipinski definition) is 8. The smallest absolute Gasteiger partial charge is 0.828 e. The van der Waals surface area contributed by atoms with Crippen LogP contribution in [-0.4, -0.2) is 78.9 Å². The van der Waals surface area contributed by atoms with Gasteiger partial charge in [0.15, 0.2) is 5.60 Å². The van der Waals surface area contributed by atoms with Crippen LogP contribution in [0.3, 0.4) is 0 Å². The van der Waals surface area contributed by atoms with E-state index in [1.165, 1.54) is 0 Å². The van der Waals surface area contributed by atoms with E-state index < -0.39 is 51.6 Å². The molecular weight excluding hydrogens is 392 g/mol. The third kappa shape index (κ3) is 33.2. The van der Waals surface area contributed by atoms with Crippen LogP contribution in [0.5, 0.6) is 0 Å². The predicted molar refractivity (Wildman–Crippen MR) is 57.9 cm³/mol. The largest absolute Gasteiger partial charge is 2.00 e. The van der Waals surface area contributed by atoms with Gasteiger partial charge in [-0.2, -0.15) is 0 Å². The molecule has 0 aliphatic rings. The molecule has 14 nitrogen and oxygen atoms in total. The normalized spacial score (nSPS) is 9.78. The van der Waals surface area contributed by atoms with Crippen LogP contribution in [0.25, 0.3) is 0 Å². The van der Waals surface area contributed by atoms with Crippen LogP contribution in [0.15, 0.2) is 0 Å². The molecule has 0 unspecified atom stereocenters. The maximum absolute atomic E-state index is 10.3. The summed E-state index contributed by atoms with van der Waals surface area (Å²) in [5.74, 6) is -5.02. The Morgan fingerprint density at radius 3 is 1.09 bits per heavy atom. The molecule has 0 saturated carbocycles. The Balaban J connectivity index is -0.000000150. The molecule has 0 bridgehead atoms. The van der Waals surface area contributed by atoms with E-state index in [1.54, 1.807) is 0 Å². The van der Waals surface area contributed by atoms with Gasteiger partial charge in [0.25, 0.3) is 0 Å². The van der Waals surface area contributed by atoms with Gasteiger partial charge >= 0.3 is 41.1 Å². The fourth-order valence-corrected chi connectivity index (χ4v) is 0.714. The summed E-state index contributed by atoms with van der Waals surface area (Å²) >= 11 is 0. The molecule has 23 heavy (non-hydrogen) atoms. The maximum atomic E-state index is 10.3. The molecule has 0 heterocycles. The predicted octanol–water partition coefficient (Wildman–Crippen LogP) is -4.90. The van der Waals surface area contributed by atoms with Crippen molar-refractivity contribution in [1.82, 2.24) is 0 Å². The zero-order chi connectivity index (χ0) is 18.7. The van der Waals surface area contributed by atoms with E-state index in [4.69, 9.17) is 54.6 Å². The topological polar surface area (TPSA) is 276 Å². The Kier molecular flexibility index (Phi) is 16.2. The average Bonchev–Trinajstić information content (AvgIpc) is 2.09. The Morgan fingerprint density at radius 1 is 0.826 bits per heavy atom. The first kappa shape index (κ1) is 29.3. The molecule has 0 aromatic rings. The monoisotopic (exact) mass is 404 g/mol. The number of carbonyl (C=O) groups is 4. The van der Waals surface area contributed by atoms with Crippen molar-refractivity contribution in [3.8, 4) is 0 Å². The van der Waals surface area contributed by atoms with Crippen LogP contribution in [0.4, 0.5) is 4.79 Å². The molecule has 0 aromatic heterocycles. The Morgan fingerprint density at radius 2 is 1.00 bits per heavy atom. The summed E-state index contributed by atoms with van der Waals surface area (Å²) in [6.45, 7) is 0. The third-order valence-corrected chi connectivity index (χ3v) is 1.29. The molecule has 0 saturated heterocycles. The molecule has 0 fully saturated rings. The molecule has 0 radical (unpaired) electrons. The Hall–Kier alpha value is -1.78. The molecule has 0 rings (SSSR count). The van der Waals surface area contributed by atoms with Crippen LogP contribution >= 0.6 is 0 Å². The first-order valence-electron chi connectivity index (χ1n) is 4.68. The maximum Gasteiger partial charge on any atom is 2.00 e. The number of carboxylic acids is 3. The van der Waals surface area contributed by atoms with Crippen molar-refractivity contribution in [3.63, 3.8) is 0 Å². The van der Waals surface area contributed by atoms with Crippen molar-refractivity contribution in [2.45, 2.75) is 18.4 Å². The third-order valence-electron chi connectivity index (χ3n) is 1.29. The summed E-state index contributed by atoms with van der Waals surface area (Å²) in [4.78, 5) is 70.8. The molecule has 16 heteroatoms. The van der Waals surface area contributed by atoms with Crippen molar-refractivity contribution in [1.29, 1.82) is 0 Å². The standard InChI is InChI=1S/C6H8O7.CH2O3.Fe.H2O4Si/c7-3(8)1-6(13,5(11)12)2-4(9)10;2-1(3)4;;1-5(2,3)4/h13H,1-2H2,(H,7,8)(H,9,10)(H,11,12);(H2,2,3,4);;1-2H/q;;+2;-2. The van der Waals surface area contributed by atoms with Crippen molar-refractivity contribution >= 4 is 33.1 Å². The summed E-state index contributed by atoms with van der Waals surface area (Å²) in [5.41, 5.74) is -2.74. The van der Waals surface area contributed by atoms with Crippen molar-refractivity contribution in [3.05, 3.63) is 0 Å². The second-order valence-electron chi connectivity index (χ2n) is 3.31. The van der Waals surface area contributed by atoms with Crippen LogP contribution in [0.1, 0.15) is 12.8 Å². The van der Waals surface area contributed by atoms with Gasteiger partial charge in [0.2, 0.25) is 0 Å². The molecule has 8 N–H and O–H groups in total. The number of carboxylic acid groups (broad SMARTS) is 5. The molecule has 136 valence electrons. The fraction of sp³-hybridized carbons (Fsp3) is 0.429. The van der Waals surface area contributed by atoms with E-state index in [1.807, 2.05) is 0 Å². The number of aliphatic hydroxyl groups is 1. The summed E-state index contributed by atoms with van der Waals surface area (Å²) < 4.78 is 0. The van der Waals surface area contributed by atoms with Crippen molar-refractivity contribution < 1.29 is 86.1 Å². The first-order valence-corrected chi connectivity index (χ1v) is 6.39. The summed E-state index contributed by atoms with van der Waals surface area (Å²) in [7, 11) is -5.11. The molecule has 0 aliphatic heterocycles. The summed E-state index contributed by atoms with van der Waals surface area (Å²) in [6.07, 6.45) is -4.12. The van der Waals surface area contributed by atoms with Gasteiger partial charge in [-0.3, -0.25) is 9.59 Å². The van der Waals surface area contributed by atoms with E-state index in [0.29, 0.717) is 0 Å². The molecular formula is C7H12FeO14Si. The van der Waals surface area contributed by atoms with Crippen LogP contribution < -0.4 is 9.59 Å². The summed E-state index contributed by atoms with van der Waals surface area (Å²) in [6, 6.07) is 0. The number of aliphatic carboxylic acids is 3. The van der Waals surface area contributed by atoms with Crippen molar-refractivity contribution in [2.75, 3.05) is 0 Å².